The standard InChI is InChI=1S/C27H28N4O6S.ClH/c1-15-19(25(27(34)35)31-24(15)22(16(2)32)26(31)33)13-30-20-6-4-5-18-17(9-10-29-12-11-28(3)14-29)7-8-21(23(18)20)38(30,36)37;/h4-8,11-12,14-16,22,24,32H,9-10,13H2,1-3H3;1H/t15-,16+,22+,24+;/m0./s1. The fourth-order valence-corrected chi connectivity index (χ4v) is 8.04. The lowest BCUT2D eigenvalue weighted by Crippen LogP contribution is -3.00. The highest BCUT2D eigenvalue weighted by Gasteiger charge is 2.60. The third kappa shape index (κ3) is 3.86. The number of carbonyl (C=O) groups excluding carboxylic acids is 1. The minimum atomic E-state index is -3.95. The summed E-state index contributed by atoms with van der Waals surface area (Å²) in [4.78, 5) is 26.4. The number of hydrogen-bond donors (Lipinski definition) is 2. The van der Waals surface area contributed by atoms with Crippen LogP contribution in [0.1, 0.15) is 19.4 Å². The number of aromatic nitrogens is 2. The van der Waals surface area contributed by atoms with Gasteiger partial charge in [0.25, 0.3) is 10.0 Å². The largest absolute Gasteiger partial charge is 1.00 e. The van der Waals surface area contributed by atoms with E-state index < -0.39 is 45.9 Å². The van der Waals surface area contributed by atoms with Crippen molar-refractivity contribution in [2.24, 2.45) is 18.9 Å². The van der Waals surface area contributed by atoms with Gasteiger partial charge < -0.3 is 27.5 Å². The van der Waals surface area contributed by atoms with E-state index in [-0.39, 0.29) is 29.5 Å². The first-order chi connectivity index (χ1) is 18.0. The number of benzene rings is 2. The number of aryl methyl sites for hydroxylation is 3. The summed E-state index contributed by atoms with van der Waals surface area (Å²) >= 11 is 0. The number of imidazole rings is 1. The number of aliphatic hydroxyl groups excluding tert-OH is 1. The molecular weight excluding hydrogens is 544 g/mol. The van der Waals surface area contributed by atoms with Crippen LogP contribution in [0.5, 0.6) is 0 Å². The summed E-state index contributed by atoms with van der Waals surface area (Å²) in [6.07, 6.45) is 5.71. The molecule has 0 aliphatic carbocycles. The molecule has 2 N–H and O–H groups in total. The summed E-state index contributed by atoms with van der Waals surface area (Å²) in [5.74, 6) is -2.85. The molecule has 0 bridgehead atoms. The Morgan fingerprint density at radius 1 is 1.21 bits per heavy atom. The van der Waals surface area contributed by atoms with Crippen molar-refractivity contribution in [1.82, 2.24) is 9.47 Å². The first kappa shape index (κ1) is 27.2. The lowest BCUT2D eigenvalue weighted by molar-refractivity contribution is -0.671. The van der Waals surface area contributed by atoms with Crippen molar-refractivity contribution in [2.45, 2.75) is 43.9 Å². The number of rotatable bonds is 7. The van der Waals surface area contributed by atoms with Gasteiger partial charge in [0.15, 0.2) is 0 Å². The van der Waals surface area contributed by atoms with Gasteiger partial charge >= 0.3 is 5.97 Å². The van der Waals surface area contributed by atoms with E-state index in [9.17, 15) is 28.2 Å². The van der Waals surface area contributed by atoms with Crippen molar-refractivity contribution in [3.8, 4) is 0 Å². The molecule has 1 fully saturated rings. The number of hydrogen-bond acceptors (Lipinski definition) is 5. The molecule has 6 rings (SSSR count). The van der Waals surface area contributed by atoms with Crippen molar-refractivity contribution < 1.29 is 45.2 Å². The third-order valence-corrected chi connectivity index (χ3v) is 10.0. The predicted molar refractivity (Wildman–Crippen MR) is 137 cm³/mol. The average Bonchev–Trinajstić information content (AvgIpc) is 3.45. The molecule has 3 aliphatic heterocycles. The number of aliphatic hydroxyl groups is 1. The molecule has 1 amide bonds. The Kier molecular flexibility index (Phi) is 6.52. The monoisotopic (exact) mass is 572 g/mol. The zero-order valence-electron chi connectivity index (χ0n) is 21.7. The summed E-state index contributed by atoms with van der Waals surface area (Å²) in [6.45, 7) is 3.86. The van der Waals surface area contributed by atoms with Gasteiger partial charge in [-0.05, 0) is 35.6 Å². The normalized spacial score (nSPS) is 23.6. The third-order valence-electron chi connectivity index (χ3n) is 8.20. The minimum Gasteiger partial charge on any atom is -1.00 e. The van der Waals surface area contributed by atoms with Gasteiger partial charge in [-0.15, -0.1) is 0 Å². The molecule has 1 saturated heterocycles. The van der Waals surface area contributed by atoms with Crippen LogP contribution in [0, 0.1) is 11.8 Å². The van der Waals surface area contributed by atoms with Gasteiger partial charge in [0, 0.05) is 17.7 Å². The van der Waals surface area contributed by atoms with Crippen LogP contribution in [0.25, 0.3) is 10.8 Å². The van der Waals surface area contributed by atoms with Crippen LogP contribution < -0.4 is 21.3 Å². The number of β-lactam (4-membered cyclic amide) rings is 1. The number of aliphatic carboxylic acids is 1. The fraction of sp³-hybridized carbons (Fsp3) is 0.370. The fourth-order valence-electron chi connectivity index (χ4n) is 6.37. The molecular formula is C27H29ClN4O6S. The molecule has 0 spiro atoms. The highest BCUT2D eigenvalue weighted by molar-refractivity contribution is 7.93. The van der Waals surface area contributed by atoms with E-state index in [2.05, 4.69) is 4.57 Å². The van der Waals surface area contributed by atoms with Gasteiger partial charge in [-0.3, -0.25) is 9.10 Å². The Morgan fingerprint density at radius 2 is 1.95 bits per heavy atom. The number of halogens is 1. The topological polar surface area (TPSA) is 124 Å². The van der Waals surface area contributed by atoms with E-state index in [1.54, 1.807) is 19.1 Å². The Bertz CT molecular complexity index is 1660. The van der Waals surface area contributed by atoms with Crippen LogP contribution in [0.3, 0.4) is 0 Å². The van der Waals surface area contributed by atoms with Crippen molar-refractivity contribution in [1.29, 1.82) is 0 Å². The van der Waals surface area contributed by atoms with Crippen LogP contribution in [0.2, 0.25) is 0 Å². The van der Waals surface area contributed by atoms with Crippen LogP contribution in [-0.2, 0) is 39.6 Å². The van der Waals surface area contributed by atoms with Gasteiger partial charge in [-0.1, -0.05) is 25.1 Å². The van der Waals surface area contributed by atoms with E-state index in [0.29, 0.717) is 23.1 Å². The van der Waals surface area contributed by atoms with Gasteiger partial charge in [-0.2, -0.15) is 0 Å². The molecule has 2 aromatic carbocycles. The first-order valence-corrected chi connectivity index (χ1v) is 14.0. The lowest BCUT2D eigenvalue weighted by atomic mass is 9.78. The van der Waals surface area contributed by atoms with Crippen LogP contribution in [-0.4, -0.2) is 58.7 Å². The van der Waals surface area contributed by atoms with Crippen LogP contribution >= 0.6 is 0 Å². The molecule has 4 heterocycles. The van der Waals surface area contributed by atoms with Crippen LogP contribution in [0.15, 0.2) is 65.2 Å². The van der Waals surface area contributed by atoms with Gasteiger partial charge in [-0.25, -0.2) is 22.3 Å². The van der Waals surface area contributed by atoms with Crippen molar-refractivity contribution in [3.63, 3.8) is 0 Å². The number of carbonyl (C=O) groups is 2. The molecule has 0 radical (unpaired) electrons. The summed E-state index contributed by atoms with van der Waals surface area (Å²) in [7, 11) is -2.00. The number of carboxylic acid groups (broad SMARTS) is 1. The zero-order chi connectivity index (χ0) is 27.1. The minimum absolute atomic E-state index is 0. The molecule has 3 aromatic rings. The predicted octanol–water partition coefficient (Wildman–Crippen LogP) is -1.58. The lowest BCUT2D eigenvalue weighted by Gasteiger charge is -2.46. The zero-order valence-corrected chi connectivity index (χ0v) is 23.2. The maximum absolute atomic E-state index is 13.8. The molecule has 12 heteroatoms. The maximum Gasteiger partial charge on any atom is 0.352 e. The van der Waals surface area contributed by atoms with Gasteiger partial charge in [0.2, 0.25) is 12.2 Å². The second kappa shape index (κ2) is 9.35. The molecule has 4 atom stereocenters. The quantitative estimate of drug-likeness (QED) is 0.260. The Hall–Kier alpha value is -3.41. The molecule has 3 aliphatic rings. The van der Waals surface area contributed by atoms with Crippen molar-refractivity contribution in [3.05, 3.63) is 65.9 Å². The molecule has 10 nitrogen and oxygen atoms in total. The summed E-state index contributed by atoms with van der Waals surface area (Å²) < 4.78 is 32.8. The van der Waals surface area contributed by atoms with Gasteiger partial charge in [0.1, 0.15) is 18.1 Å². The summed E-state index contributed by atoms with van der Waals surface area (Å²) in [5.41, 5.74) is 1.72. The van der Waals surface area contributed by atoms with Crippen molar-refractivity contribution >= 4 is 38.4 Å². The smallest absolute Gasteiger partial charge is 0.352 e. The second-order valence-electron chi connectivity index (χ2n) is 10.4. The van der Waals surface area contributed by atoms with E-state index in [1.807, 2.05) is 48.5 Å². The SMILES string of the molecule is C[C@@H](O)[C@H]1C(=O)N2C(C(=O)O)=C(CN3c4cccc5c(CCn6cc[n+](C)c6)ccc(c45)S3(=O)=O)[C@H](C)[C@H]12.[Cl-]. The Labute approximate surface area is 232 Å². The van der Waals surface area contributed by atoms with Crippen LogP contribution in [0.4, 0.5) is 5.69 Å². The molecule has 0 unspecified atom stereocenters. The number of amides is 1. The molecule has 1 aromatic heterocycles. The maximum atomic E-state index is 13.8. The molecule has 0 saturated carbocycles. The molecule has 206 valence electrons. The highest BCUT2D eigenvalue weighted by Crippen LogP contribution is 2.49. The second-order valence-corrected chi connectivity index (χ2v) is 12.3. The van der Waals surface area contributed by atoms with Crippen molar-refractivity contribution in [2.75, 3.05) is 10.8 Å². The summed E-state index contributed by atoms with van der Waals surface area (Å²) in [5, 5.41) is 21.6. The Morgan fingerprint density at radius 3 is 2.59 bits per heavy atom. The van der Waals surface area contributed by atoms with E-state index >= 15 is 0 Å². The van der Waals surface area contributed by atoms with Gasteiger partial charge in [0.05, 0.1) is 48.8 Å². The number of anilines is 1. The number of nitrogens with zero attached hydrogens (tertiary/aromatic N) is 4. The number of sulfonamides is 1. The Balaban J connectivity index is 0.00000308. The number of carboxylic acids is 1. The average molecular weight is 573 g/mol. The highest BCUT2D eigenvalue weighted by atomic mass is 35.5. The van der Waals surface area contributed by atoms with E-state index in [0.717, 1.165) is 17.5 Å². The molecule has 39 heavy (non-hydrogen) atoms. The summed E-state index contributed by atoms with van der Waals surface area (Å²) in [6, 6.07) is 8.46. The first-order valence-electron chi connectivity index (χ1n) is 12.6. The van der Waals surface area contributed by atoms with E-state index in [4.69, 9.17) is 0 Å². The number of fused-ring (bicyclic) bond motifs is 1. The van der Waals surface area contributed by atoms with E-state index in [1.165, 1.54) is 16.1 Å².